The molecule has 7 heavy (non-hydrogen) atoms. The summed E-state index contributed by atoms with van der Waals surface area (Å²) in [7, 11) is 0. The third-order valence-corrected chi connectivity index (χ3v) is 0.207. The van der Waals surface area contributed by atoms with E-state index in [-0.39, 0.29) is 0 Å². The maximum absolute atomic E-state index is 7.43. The van der Waals surface area contributed by atoms with E-state index in [1.54, 1.807) is 6.92 Å². The average Bonchev–Trinajstić information content (AvgIpc) is 1.61. The molecule has 0 atom stereocenters. The maximum Gasteiger partial charge on any atom is 0.135 e. The van der Waals surface area contributed by atoms with Gasteiger partial charge in [-0.2, -0.15) is 0 Å². The fraction of sp³-hybridized carbons (Fsp3) is 0.333. The molecule has 0 aliphatic carbocycles. The summed E-state index contributed by atoms with van der Waals surface area (Å²) < 4.78 is 0. The zero-order valence-corrected chi connectivity index (χ0v) is 3.88. The van der Waals surface area contributed by atoms with E-state index in [4.69, 9.17) is 5.26 Å². The van der Waals surface area contributed by atoms with Crippen molar-refractivity contribution in [1.82, 2.24) is 0 Å². The lowest BCUT2D eigenvalue weighted by Gasteiger charge is -1.93. The van der Waals surface area contributed by atoms with Gasteiger partial charge in [-0.05, 0) is 12.0 Å². The minimum atomic E-state index is 0.300. The lowest BCUT2D eigenvalue weighted by Crippen LogP contribution is -1.88. The van der Waals surface area contributed by atoms with E-state index in [2.05, 4.69) is 21.5 Å². The maximum atomic E-state index is 7.43. The number of allylic oxidation sites excluding steroid dienone is 1. The van der Waals surface area contributed by atoms with Crippen LogP contribution in [0.1, 0.15) is 6.92 Å². The molecule has 0 heterocycles. The van der Waals surface area contributed by atoms with Gasteiger partial charge in [-0.1, -0.05) is 6.58 Å². The molecule has 0 amide bonds. The van der Waals surface area contributed by atoms with Crippen molar-refractivity contribution in [2.24, 2.45) is 0 Å². The molecule has 0 aromatic heterocycles. The normalized spacial score (nSPS) is 8.29. The summed E-state index contributed by atoms with van der Waals surface area (Å²) in [6.07, 6.45) is 0. The molecule has 0 spiro atoms. The van der Waals surface area contributed by atoms with Crippen LogP contribution < -0.4 is 0 Å². The molecule has 1 N–H and O–H groups in total. The topological polar surface area (TPSA) is 47.9 Å². The predicted molar refractivity (Wildman–Crippen MR) is 20.7 cm³/mol. The van der Waals surface area contributed by atoms with Crippen molar-refractivity contribution in [3.05, 3.63) is 12.3 Å². The summed E-state index contributed by atoms with van der Waals surface area (Å²) in [5.74, 6) is 0.300. The van der Waals surface area contributed by atoms with Crippen LogP contribution in [-0.2, 0) is 15.0 Å². The molecule has 0 bridgehead atoms. The first-order valence-electron chi connectivity index (χ1n) is 1.57. The number of hydrogen-bond acceptors (Lipinski definition) is 4. The van der Waals surface area contributed by atoms with Gasteiger partial charge in [-0.15, -0.1) is 0 Å². The van der Waals surface area contributed by atoms with Crippen LogP contribution in [-0.4, -0.2) is 5.26 Å². The smallest absolute Gasteiger partial charge is 0.135 e. The van der Waals surface area contributed by atoms with E-state index in [1.807, 2.05) is 0 Å². The molecule has 0 aliphatic heterocycles. The zero-order chi connectivity index (χ0) is 5.70. The van der Waals surface area contributed by atoms with E-state index in [1.165, 1.54) is 0 Å². The van der Waals surface area contributed by atoms with Crippen molar-refractivity contribution in [1.29, 1.82) is 0 Å². The van der Waals surface area contributed by atoms with Gasteiger partial charge in [0.2, 0.25) is 0 Å². The molecule has 0 aromatic rings. The van der Waals surface area contributed by atoms with Crippen LogP contribution in [0.3, 0.4) is 0 Å². The minimum absolute atomic E-state index is 0.300. The van der Waals surface area contributed by atoms with Gasteiger partial charge < -0.3 is 4.89 Å². The van der Waals surface area contributed by atoms with E-state index >= 15 is 0 Å². The highest BCUT2D eigenvalue weighted by Gasteiger charge is 1.81. The fourth-order valence-electron chi connectivity index (χ4n) is 0.0733. The molecule has 0 unspecified atom stereocenters. The summed E-state index contributed by atoms with van der Waals surface area (Å²) in [4.78, 5) is 4.02. The predicted octanol–water partition coefficient (Wildman–Crippen LogP) is 0.873. The molecular weight excluding hydrogens is 100 g/mol. The molecule has 0 fully saturated rings. The molecule has 0 radical (unpaired) electrons. The first-order chi connectivity index (χ1) is 3.27. The molecule has 0 saturated carbocycles. The van der Waals surface area contributed by atoms with Gasteiger partial charge in [0.05, 0.1) is 0 Å². The van der Waals surface area contributed by atoms with Gasteiger partial charge >= 0.3 is 0 Å². The van der Waals surface area contributed by atoms with Crippen molar-refractivity contribution in [3.8, 4) is 0 Å². The SMILES string of the molecule is C=C(C)OOOO. The number of rotatable bonds is 3. The van der Waals surface area contributed by atoms with Crippen molar-refractivity contribution >= 4 is 0 Å². The number of hydrogen-bond donors (Lipinski definition) is 1. The standard InChI is InChI=1S/C3H6O4/c1-3(2)5-7-6-4/h4H,1H2,2H3. The van der Waals surface area contributed by atoms with Crippen LogP contribution >= 0.6 is 0 Å². The Morgan fingerprint density at radius 3 is 2.43 bits per heavy atom. The largest absolute Gasteiger partial charge is 0.312 e. The van der Waals surface area contributed by atoms with Crippen molar-refractivity contribution in [2.45, 2.75) is 6.92 Å². The van der Waals surface area contributed by atoms with Crippen molar-refractivity contribution in [2.75, 3.05) is 0 Å². The summed E-state index contributed by atoms with van der Waals surface area (Å²) in [6, 6.07) is 0. The van der Waals surface area contributed by atoms with Crippen LogP contribution in [0.25, 0.3) is 0 Å². The molecular formula is C3H6O4. The molecule has 0 saturated heterocycles. The van der Waals surface area contributed by atoms with E-state index < -0.39 is 0 Å². The van der Waals surface area contributed by atoms with Crippen molar-refractivity contribution < 1.29 is 20.2 Å². The molecule has 0 rings (SSSR count). The summed E-state index contributed by atoms with van der Waals surface area (Å²) in [6.45, 7) is 4.80. The highest BCUT2D eigenvalue weighted by molar-refractivity contribution is 4.70. The molecule has 4 nitrogen and oxygen atoms in total. The quantitative estimate of drug-likeness (QED) is 0.329. The van der Waals surface area contributed by atoms with Gasteiger partial charge in [-0.25, -0.2) is 5.26 Å². The Balaban J connectivity index is 2.82. The Morgan fingerprint density at radius 1 is 1.71 bits per heavy atom. The third-order valence-electron chi connectivity index (χ3n) is 0.207. The highest BCUT2D eigenvalue weighted by atomic mass is 17.6. The van der Waals surface area contributed by atoms with Crippen LogP contribution in [0.2, 0.25) is 0 Å². The highest BCUT2D eigenvalue weighted by Crippen LogP contribution is 1.88. The Bertz CT molecular complexity index is 60.0. The van der Waals surface area contributed by atoms with Gasteiger partial charge in [-0.3, -0.25) is 0 Å². The van der Waals surface area contributed by atoms with Gasteiger partial charge in [0.15, 0.2) is 0 Å². The summed E-state index contributed by atoms with van der Waals surface area (Å²) >= 11 is 0. The second-order valence-corrected chi connectivity index (χ2v) is 0.928. The molecule has 0 aromatic carbocycles. The Labute approximate surface area is 40.7 Å². The van der Waals surface area contributed by atoms with Crippen molar-refractivity contribution in [3.63, 3.8) is 0 Å². The fourth-order valence-corrected chi connectivity index (χ4v) is 0.0733. The van der Waals surface area contributed by atoms with E-state index in [0.29, 0.717) is 5.76 Å². The van der Waals surface area contributed by atoms with E-state index in [0.717, 1.165) is 0 Å². The summed E-state index contributed by atoms with van der Waals surface area (Å²) in [5.41, 5.74) is 0. The average molecular weight is 106 g/mol. The lowest BCUT2D eigenvalue weighted by atomic mass is 10.7. The second-order valence-electron chi connectivity index (χ2n) is 0.928. The Hall–Kier alpha value is -0.580. The van der Waals surface area contributed by atoms with Gasteiger partial charge in [0, 0.05) is 5.04 Å². The third kappa shape index (κ3) is 5.42. The Kier molecular flexibility index (Phi) is 3.31. The first-order valence-corrected chi connectivity index (χ1v) is 1.57. The zero-order valence-electron chi connectivity index (χ0n) is 3.88. The van der Waals surface area contributed by atoms with Crippen LogP contribution in [0.5, 0.6) is 0 Å². The molecule has 4 heteroatoms. The molecule has 0 aliphatic rings. The van der Waals surface area contributed by atoms with E-state index in [9.17, 15) is 0 Å². The molecule has 42 valence electrons. The Morgan fingerprint density at radius 2 is 2.29 bits per heavy atom. The monoisotopic (exact) mass is 106 g/mol. The first kappa shape index (κ1) is 6.42. The summed E-state index contributed by atoms with van der Waals surface area (Å²) in [5, 5.41) is 14.0. The minimum Gasteiger partial charge on any atom is -0.312 e. The van der Waals surface area contributed by atoms with Crippen LogP contribution in [0.15, 0.2) is 12.3 Å². The van der Waals surface area contributed by atoms with Gasteiger partial charge in [0.25, 0.3) is 0 Å². The van der Waals surface area contributed by atoms with Gasteiger partial charge in [0.1, 0.15) is 5.76 Å². The second kappa shape index (κ2) is 3.60. The van der Waals surface area contributed by atoms with Crippen LogP contribution in [0, 0.1) is 0 Å². The van der Waals surface area contributed by atoms with Crippen LogP contribution in [0.4, 0.5) is 0 Å². The lowest BCUT2D eigenvalue weighted by molar-refractivity contribution is -0.613.